The van der Waals surface area contributed by atoms with Crippen molar-refractivity contribution < 1.29 is 9.59 Å². The lowest BCUT2D eigenvalue weighted by Gasteiger charge is -2.29. The molecule has 0 bridgehead atoms. The van der Waals surface area contributed by atoms with E-state index in [9.17, 15) is 9.59 Å². The zero-order valence-corrected chi connectivity index (χ0v) is 16.0. The van der Waals surface area contributed by atoms with Gasteiger partial charge in [0.1, 0.15) is 6.04 Å². The number of hydrogen-bond donors (Lipinski definition) is 1. The van der Waals surface area contributed by atoms with Gasteiger partial charge in [-0.25, -0.2) is 4.79 Å². The summed E-state index contributed by atoms with van der Waals surface area (Å²) in [6.45, 7) is 5.03. The molecule has 6 nitrogen and oxygen atoms in total. The maximum absolute atomic E-state index is 12.9. The number of likely N-dealkylation sites (tertiary alicyclic amines) is 1. The van der Waals surface area contributed by atoms with Crippen LogP contribution in [0.4, 0.5) is 10.5 Å². The Bertz CT molecular complexity index is 615. The van der Waals surface area contributed by atoms with E-state index in [-0.39, 0.29) is 24.0 Å². The minimum absolute atomic E-state index is 0.00617. The highest BCUT2D eigenvalue weighted by atomic mass is 16.2. The van der Waals surface area contributed by atoms with Crippen molar-refractivity contribution >= 4 is 17.6 Å². The Morgan fingerprint density at radius 1 is 1.28 bits per heavy atom. The Balaban J connectivity index is 2.03. The van der Waals surface area contributed by atoms with Gasteiger partial charge >= 0.3 is 6.03 Å². The SMILES string of the molecule is CC(C)NC(=O)N1CCC[C@H]1C(=O)N(C)Cc1cccc(N(C)C)c1. The van der Waals surface area contributed by atoms with Crippen molar-refractivity contribution in [1.29, 1.82) is 0 Å². The second-order valence-corrected chi connectivity index (χ2v) is 7.21. The molecule has 3 amide bonds. The highest BCUT2D eigenvalue weighted by Gasteiger charge is 2.35. The molecule has 1 saturated heterocycles. The van der Waals surface area contributed by atoms with Gasteiger partial charge in [0.25, 0.3) is 0 Å². The van der Waals surface area contributed by atoms with Crippen LogP contribution in [0.1, 0.15) is 32.3 Å². The van der Waals surface area contributed by atoms with Crippen molar-refractivity contribution in [3.05, 3.63) is 29.8 Å². The van der Waals surface area contributed by atoms with Crippen LogP contribution in [0.25, 0.3) is 0 Å². The summed E-state index contributed by atoms with van der Waals surface area (Å²) in [5, 5.41) is 2.89. The van der Waals surface area contributed by atoms with Gasteiger partial charge in [-0.15, -0.1) is 0 Å². The van der Waals surface area contributed by atoms with E-state index in [4.69, 9.17) is 0 Å². The van der Waals surface area contributed by atoms with Crippen LogP contribution < -0.4 is 10.2 Å². The van der Waals surface area contributed by atoms with E-state index in [2.05, 4.69) is 11.4 Å². The van der Waals surface area contributed by atoms with Crippen molar-refractivity contribution in [3.63, 3.8) is 0 Å². The van der Waals surface area contributed by atoms with Crippen molar-refractivity contribution in [3.8, 4) is 0 Å². The molecule has 0 aromatic heterocycles. The van der Waals surface area contributed by atoms with Crippen molar-refractivity contribution in [2.24, 2.45) is 0 Å². The Labute approximate surface area is 150 Å². The zero-order valence-electron chi connectivity index (χ0n) is 16.0. The number of hydrogen-bond acceptors (Lipinski definition) is 3. The summed E-state index contributed by atoms with van der Waals surface area (Å²) in [5.74, 6) is 0.00617. The van der Waals surface area contributed by atoms with E-state index >= 15 is 0 Å². The zero-order chi connectivity index (χ0) is 18.6. The van der Waals surface area contributed by atoms with Gasteiger partial charge < -0.3 is 20.0 Å². The van der Waals surface area contributed by atoms with Crippen LogP contribution in [-0.2, 0) is 11.3 Å². The Morgan fingerprint density at radius 3 is 2.64 bits per heavy atom. The van der Waals surface area contributed by atoms with Crippen LogP contribution in [-0.4, -0.2) is 61.5 Å². The van der Waals surface area contributed by atoms with Gasteiger partial charge in [0, 0.05) is 46.0 Å². The molecule has 0 aliphatic carbocycles. The van der Waals surface area contributed by atoms with E-state index in [1.165, 1.54) is 0 Å². The summed E-state index contributed by atoms with van der Waals surface area (Å²) in [5.41, 5.74) is 2.19. The highest BCUT2D eigenvalue weighted by molar-refractivity contribution is 5.87. The molecule has 0 radical (unpaired) electrons. The monoisotopic (exact) mass is 346 g/mol. The predicted octanol–water partition coefficient (Wildman–Crippen LogP) is 2.29. The van der Waals surface area contributed by atoms with Gasteiger partial charge in [0.05, 0.1) is 0 Å². The first-order chi connectivity index (χ1) is 11.8. The topological polar surface area (TPSA) is 55.9 Å². The number of nitrogens with zero attached hydrogens (tertiary/aromatic N) is 3. The van der Waals surface area contributed by atoms with Crippen LogP contribution in [0.15, 0.2) is 24.3 Å². The Kier molecular flexibility index (Phi) is 6.28. The number of anilines is 1. The number of urea groups is 1. The largest absolute Gasteiger partial charge is 0.378 e. The first kappa shape index (κ1) is 19.1. The lowest BCUT2D eigenvalue weighted by atomic mass is 10.1. The highest BCUT2D eigenvalue weighted by Crippen LogP contribution is 2.21. The molecule has 0 unspecified atom stereocenters. The molecule has 1 aliphatic rings. The van der Waals surface area contributed by atoms with Crippen LogP contribution in [0, 0.1) is 0 Å². The van der Waals surface area contributed by atoms with Crippen LogP contribution in [0.3, 0.4) is 0 Å². The second-order valence-electron chi connectivity index (χ2n) is 7.21. The first-order valence-electron chi connectivity index (χ1n) is 8.88. The minimum Gasteiger partial charge on any atom is -0.378 e. The van der Waals surface area contributed by atoms with E-state index in [0.29, 0.717) is 13.1 Å². The molecule has 1 aromatic rings. The number of carbonyl (C=O) groups excluding carboxylic acids is 2. The van der Waals surface area contributed by atoms with Crippen molar-refractivity contribution in [2.45, 2.75) is 45.3 Å². The van der Waals surface area contributed by atoms with Crippen molar-refractivity contribution in [2.75, 3.05) is 32.6 Å². The average molecular weight is 346 g/mol. The molecule has 1 atom stereocenters. The molecular formula is C19H30N4O2. The van der Waals surface area contributed by atoms with E-state index < -0.39 is 0 Å². The third-order valence-electron chi connectivity index (χ3n) is 4.43. The summed E-state index contributed by atoms with van der Waals surface area (Å²) < 4.78 is 0. The third kappa shape index (κ3) is 4.87. The molecule has 25 heavy (non-hydrogen) atoms. The molecule has 1 heterocycles. The van der Waals surface area contributed by atoms with Crippen LogP contribution >= 0.6 is 0 Å². The summed E-state index contributed by atoms with van der Waals surface area (Å²) in [6.07, 6.45) is 1.60. The average Bonchev–Trinajstić information content (AvgIpc) is 3.03. The predicted molar refractivity (Wildman–Crippen MR) is 101 cm³/mol. The molecular weight excluding hydrogens is 316 g/mol. The lowest BCUT2D eigenvalue weighted by molar-refractivity contribution is -0.134. The molecule has 1 aliphatic heterocycles. The molecule has 138 valence electrons. The molecule has 1 N–H and O–H groups in total. The normalized spacial score (nSPS) is 16.9. The van der Waals surface area contributed by atoms with Crippen LogP contribution in [0.2, 0.25) is 0 Å². The maximum Gasteiger partial charge on any atom is 0.318 e. The summed E-state index contributed by atoms with van der Waals surface area (Å²) in [6, 6.07) is 7.71. The van der Waals surface area contributed by atoms with E-state index in [1.54, 1.807) is 9.80 Å². The number of amides is 3. The minimum atomic E-state index is -0.360. The second kappa shape index (κ2) is 8.23. The van der Waals surface area contributed by atoms with Crippen molar-refractivity contribution in [1.82, 2.24) is 15.1 Å². The summed E-state index contributed by atoms with van der Waals surface area (Å²) in [4.78, 5) is 30.6. The molecule has 1 fully saturated rings. The van der Waals surface area contributed by atoms with Crippen LogP contribution in [0.5, 0.6) is 0 Å². The quantitative estimate of drug-likeness (QED) is 0.890. The van der Waals surface area contributed by atoms with E-state index in [1.807, 2.05) is 58.1 Å². The number of likely N-dealkylation sites (N-methyl/N-ethyl adjacent to an activating group) is 1. The fraction of sp³-hybridized carbons (Fsp3) is 0.579. The van der Waals surface area contributed by atoms with Gasteiger partial charge in [-0.3, -0.25) is 4.79 Å². The third-order valence-corrected chi connectivity index (χ3v) is 4.43. The molecule has 6 heteroatoms. The number of carbonyl (C=O) groups is 2. The molecule has 1 aromatic carbocycles. The lowest BCUT2D eigenvalue weighted by Crippen LogP contribution is -2.51. The smallest absolute Gasteiger partial charge is 0.318 e. The van der Waals surface area contributed by atoms with Gasteiger partial charge in [-0.05, 0) is 44.4 Å². The Hall–Kier alpha value is -2.24. The number of nitrogens with one attached hydrogen (secondary N) is 1. The summed E-state index contributed by atoms with van der Waals surface area (Å²) in [7, 11) is 5.80. The fourth-order valence-corrected chi connectivity index (χ4v) is 3.14. The number of benzene rings is 1. The molecule has 2 rings (SSSR count). The first-order valence-corrected chi connectivity index (χ1v) is 8.88. The van der Waals surface area contributed by atoms with Gasteiger partial charge in [0.15, 0.2) is 0 Å². The maximum atomic E-state index is 12.9. The van der Waals surface area contributed by atoms with E-state index in [0.717, 1.165) is 24.1 Å². The standard InChI is InChI=1S/C19H30N4O2/c1-14(2)20-19(25)23-11-7-10-17(23)18(24)22(5)13-15-8-6-9-16(12-15)21(3)4/h6,8-9,12,14,17H,7,10-11,13H2,1-5H3,(H,20,25)/t17-/m0/s1. The van der Waals surface area contributed by atoms with Gasteiger partial charge in [-0.2, -0.15) is 0 Å². The van der Waals surface area contributed by atoms with Gasteiger partial charge in [0.2, 0.25) is 5.91 Å². The van der Waals surface area contributed by atoms with Gasteiger partial charge in [-0.1, -0.05) is 12.1 Å². The fourth-order valence-electron chi connectivity index (χ4n) is 3.14. The summed E-state index contributed by atoms with van der Waals surface area (Å²) >= 11 is 0. The molecule has 0 spiro atoms. The Morgan fingerprint density at radius 2 is 2.00 bits per heavy atom. The number of rotatable bonds is 5. The molecule has 0 saturated carbocycles.